The van der Waals surface area contributed by atoms with Crippen molar-refractivity contribution in [3.8, 4) is 22.5 Å². The van der Waals surface area contributed by atoms with E-state index in [0.717, 1.165) is 47.3 Å². The number of halogens is 1. The summed E-state index contributed by atoms with van der Waals surface area (Å²) in [5.41, 5.74) is 4.90. The van der Waals surface area contributed by atoms with Crippen LogP contribution in [0.25, 0.3) is 22.5 Å². The lowest BCUT2D eigenvalue weighted by atomic mass is 9.98. The fraction of sp³-hybridized carbons (Fsp3) is 0.185. The smallest absolute Gasteiger partial charge is 0.212 e. The molecule has 1 N–H and O–H groups in total. The quantitative estimate of drug-likeness (QED) is 0.273. The molecule has 0 unspecified atom stereocenters. The largest absolute Gasteiger partial charge is 0.319 e. The second kappa shape index (κ2) is 10.6. The molecule has 9 heteroatoms. The molecule has 0 radical (unpaired) electrons. The number of nitrogens with zero attached hydrogens (tertiary/aromatic N) is 6. The summed E-state index contributed by atoms with van der Waals surface area (Å²) in [5.74, 6) is 1.19. The van der Waals surface area contributed by atoms with Crippen molar-refractivity contribution in [2.45, 2.75) is 32.7 Å². The van der Waals surface area contributed by atoms with Gasteiger partial charge in [0.1, 0.15) is 11.5 Å². The Kier molecular flexibility index (Phi) is 6.95. The number of nitrogens with one attached hydrogen (secondary N) is 1. The van der Waals surface area contributed by atoms with Gasteiger partial charge in [0.05, 0.1) is 0 Å². The van der Waals surface area contributed by atoms with Crippen molar-refractivity contribution >= 4 is 17.4 Å². The van der Waals surface area contributed by atoms with Crippen LogP contribution in [-0.2, 0) is 13.0 Å². The standard InChI is InChI=1S/C27H24ClN7O/c1-2-3-8-23-30-26(28)24(25(36)20-13-15-29-16-14-20)35(23)17-18-9-11-19(12-10-18)21-6-4-5-7-22(21)27-31-33-34-32-27/h4-7,9-16H,2-3,8,17H2,1H3,(H,31,32,33,34). The van der Waals surface area contributed by atoms with Gasteiger partial charge in [-0.15, -0.1) is 10.2 Å². The van der Waals surface area contributed by atoms with Crippen molar-refractivity contribution in [1.82, 2.24) is 35.2 Å². The molecule has 0 spiro atoms. The summed E-state index contributed by atoms with van der Waals surface area (Å²) < 4.78 is 1.95. The monoisotopic (exact) mass is 497 g/mol. The summed E-state index contributed by atoms with van der Waals surface area (Å²) >= 11 is 6.52. The number of H-pyrrole nitrogens is 1. The van der Waals surface area contributed by atoms with E-state index in [-0.39, 0.29) is 10.9 Å². The Bertz CT molecular complexity index is 1460. The second-order valence-electron chi connectivity index (χ2n) is 8.40. The van der Waals surface area contributed by atoms with Crippen molar-refractivity contribution in [3.05, 3.63) is 101 Å². The molecule has 0 saturated carbocycles. The summed E-state index contributed by atoms with van der Waals surface area (Å²) in [6.07, 6.45) is 5.93. The topological polar surface area (TPSA) is 102 Å². The first-order valence-electron chi connectivity index (χ1n) is 11.8. The third kappa shape index (κ3) is 4.81. The zero-order chi connectivity index (χ0) is 24.9. The van der Waals surface area contributed by atoms with Crippen molar-refractivity contribution < 1.29 is 4.79 Å². The molecule has 2 aromatic carbocycles. The van der Waals surface area contributed by atoms with Crippen LogP contribution in [0.15, 0.2) is 73.1 Å². The highest BCUT2D eigenvalue weighted by Crippen LogP contribution is 2.30. The van der Waals surface area contributed by atoms with Gasteiger partial charge in [-0.25, -0.2) is 4.98 Å². The molecule has 0 fully saturated rings. The van der Waals surface area contributed by atoms with Crippen LogP contribution in [0.1, 0.15) is 47.2 Å². The predicted octanol–water partition coefficient (Wildman–Crippen LogP) is 5.40. The molecule has 0 aliphatic carbocycles. The van der Waals surface area contributed by atoms with E-state index in [1.165, 1.54) is 0 Å². The summed E-state index contributed by atoms with van der Waals surface area (Å²) in [7, 11) is 0. The number of imidazole rings is 1. The number of hydrogen-bond acceptors (Lipinski definition) is 6. The maximum absolute atomic E-state index is 13.4. The molecular formula is C27H24ClN7O. The van der Waals surface area contributed by atoms with Gasteiger partial charge in [0.25, 0.3) is 0 Å². The molecular weight excluding hydrogens is 474 g/mol. The summed E-state index contributed by atoms with van der Waals surface area (Å²) in [6.45, 7) is 2.61. The first-order valence-corrected chi connectivity index (χ1v) is 12.1. The Balaban J connectivity index is 1.48. The first-order chi connectivity index (χ1) is 17.7. The van der Waals surface area contributed by atoms with Crippen LogP contribution >= 0.6 is 11.6 Å². The average Bonchev–Trinajstić information content (AvgIpc) is 3.56. The molecule has 5 rings (SSSR count). The first kappa shape index (κ1) is 23.6. The molecule has 0 aliphatic rings. The van der Waals surface area contributed by atoms with E-state index in [2.05, 4.69) is 61.8 Å². The lowest BCUT2D eigenvalue weighted by Gasteiger charge is -2.13. The van der Waals surface area contributed by atoms with Crippen molar-refractivity contribution in [2.24, 2.45) is 0 Å². The van der Waals surface area contributed by atoms with Crippen LogP contribution in [-0.4, -0.2) is 40.9 Å². The second-order valence-corrected chi connectivity index (χ2v) is 8.76. The molecule has 0 saturated heterocycles. The lowest BCUT2D eigenvalue weighted by Crippen LogP contribution is -2.14. The highest BCUT2D eigenvalue weighted by atomic mass is 35.5. The lowest BCUT2D eigenvalue weighted by molar-refractivity contribution is 0.103. The fourth-order valence-corrected chi connectivity index (χ4v) is 4.48. The van der Waals surface area contributed by atoms with E-state index in [4.69, 9.17) is 11.6 Å². The van der Waals surface area contributed by atoms with E-state index < -0.39 is 0 Å². The van der Waals surface area contributed by atoms with Crippen LogP contribution in [0.4, 0.5) is 0 Å². The van der Waals surface area contributed by atoms with Gasteiger partial charge in [-0.1, -0.05) is 73.5 Å². The zero-order valence-electron chi connectivity index (χ0n) is 19.7. The SMILES string of the molecule is CCCCc1nc(Cl)c(C(=O)c2ccncc2)n1Cc1ccc(-c2ccccc2-c2nn[nH]n2)cc1. The van der Waals surface area contributed by atoms with Crippen LogP contribution in [0, 0.1) is 0 Å². The number of aromatic amines is 1. The molecule has 0 atom stereocenters. The predicted molar refractivity (Wildman–Crippen MR) is 138 cm³/mol. The van der Waals surface area contributed by atoms with Crippen molar-refractivity contribution in [3.63, 3.8) is 0 Å². The Morgan fingerprint density at radius 1 is 1.00 bits per heavy atom. The Labute approximate surface area is 213 Å². The van der Waals surface area contributed by atoms with Gasteiger partial charge in [0.2, 0.25) is 11.6 Å². The number of carbonyl (C=O) groups is 1. The maximum Gasteiger partial charge on any atom is 0.212 e. The van der Waals surface area contributed by atoms with E-state index in [1.807, 2.05) is 28.8 Å². The van der Waals surface area contributed by atoms with Crippen LogP contribution in [0.5, 0.6) is 0 Å². The number of tetrazole rings is 1. The highest BCUT2D eigenvalue weighted by Gasteiger charge is 2.23. The number of unbranched alkanes of at least 4 members (excludes halogenated alkanes) is 1. The number of rotatable bonds is 9. The molecule has 180 valence electrons. The number of benzene rings is 2. The van der Waals surface area contributed by atoms with E-state index >= 15 is 0 Å². The van der Waals surface area contributed by atoms with Gasteiger partial charge in [0.15, 0.2) is 5.15 Å². The van der Waals surface area contributed by atoms with E-state index in [0.29, 0.717) is 23.6 Å². The molecule has 8 nitrogen and oxygen atoms in total. The number of ketones is 1. The number of carbonyl (C=O) groups excluding carboxylic acids is 1. The average molecular weight is 498 g/mol. The highest BCUT2D eigenvalue weighted by molar-refractivity contribution is 6.33. The Morgan fingerprint density at radius 3 is 2.44 bits per heavy atom. The number of aryl methyl sites for hydroxylation is 1. The summed E-state index contributed by atoms with van der Waals surface area (Å²) in [4.78, 5) is 21.9. The molecule has 3 heterocycles. The van der Waals surface area contributed by atoms with Gasteiger partial charge < -0.3 is 4.57 Å². The minimum absolute atomic E-state index is 0.164. The molecule has 36 heavy (non-hydrogen) atoms. The maximum atomic E-state index is 13.4. The van der Waals surface area contributed by atoms with Gasteiger partial charge >= 0.3 is 0 Å². The Hall–Kier alpha value is -4.17. The molecule has 0 bridgehead atoms. The van der Waals surface area contributed by atoms with E-state index in [9.17, 15) is 4.79 Å². The molecule has 3 aromatic heterocycles. The van der Waals surface area contributed by atoms with Crippen LogP contribution in [0.3, 0.4) is 0 Å². The number of hydrogen-bond donors (Lipinski definition) is 1. The fourth-order valence-electron chi connectivity index (χ4n) is 4.20. The van der Waals surface area contributed by atoms with Gasteiger partial charge in [-0.05, 0) is 40.5 Å². The number of aromatic nitrogens is 7. The summed E-state index contributed by atoms with van der Waals surface area (Å²) in [5, 5.41) is 14.7. The minimum atomic E-state index is -0.164. The zero-order valence-corrected chi connectivity index (χ0v) is 20.5. The summed E-state index contributed by atoms with van der Waals surface area (Å²) in [6, 6.07) is 19.5. The molecule has 5 aromatic rings. The van der Waals surface area contributed by atoms with Gasteiger partial charge in [-0.3, -0.25) is 9.78 Å². The van der Waals surface area contributed by atoms with Crippen molar-refractivity contribution in [1.29, 1.82) is 0 Å². The molecule has 0 amide bonds. The van der Waals surface area contributed by atoms with Gasteiger partial charge in [0, 0.05) is 36.5 Å². The number of pyridine rings is 1. The third-order valence-electron chi connectivity index (χ3n) is 6.03. The Morgan fingerprint density at radius 2 is 1.75 bits per heavy atom. The third-order valence-corrected chi connectivity index (χ3v) is 6.30. The van der Waals surface area contributed by atoms with Crippen LogP contribution < -0.4 is 0 Å². The normalized spacial score (nSPS) is 11.1. The van der Waals surface area contributed by atoms with Crippen LogP contribution in [0.2, 0.25) is 5.15 Å². The molecule has 0 aliphatic heterocycles. The minimum Gasteiger partial charge on any atom is -0.319 e. The van der Waals surface area contributed by atoms with Gasteiger partial charge in [-0.2, -0.15) is 5.21 Å². The van der Waals surface area contributed by atoms with Crippen molar-refractivity contribution in [2.75, 3.05) is 0 Å². The van der Waals surface area contributed by atoms with E-state index in [1.54, 1.807) is 24.5 Å².